The first-order valence-electron chi connectivity index (χ1n) is 37.2. The molecule has 0 aromatic heterocycles. The van der Waals surface area contributed by atoms with E-state index < -0.39 is 5.60 Å². The average molecular weight is 1210 g/mol. The van der Waals surface area contributed by atoms with E-state index in [2.05, 4.69) is 83.1 Å². The first kappa shape index (κ1) is 63.1. The Morgan fingerprint density at radius 2 is 0.770 bits per heavy atom. The topological polar surface area (TPSA) is 132 Å². The summed E-state index contributed by atoms with van der Waals surface area (Å²) >= 11 is 0. The average Bonchev–Trinajstić information content (AvgIpc) is 2.06. The first-order chi connectivity index (χ1) is 41.1. The van der Waals surface area contributed by atoms with E-state index in [4.69, 9.17) is 23.7 Å². The van der Waals surface area contributed by atoms with Crippen LogP contribution in [0.4, 0.5) is 0 Å². The van der Waals surface area contributed by atoms with Gasteiger partial charge in [0.2, 0.25) is 0 Å². The smallest absolute Gasteiger partial charge is 0.309 e. The second-order valence-electron chi connectivity index (χ2n) is 36.4. The number of hydrogen-bond donors (Lipinski definition) is 0. The van der Waals surface area contributed by atoms with Gasteiger partial charge in [0.1, 0.15) is 22.4 Å². The Labute approximate surface area is 526 Å². The van der Waals surface area contributed by atoms with Crippen LogP contribution in [-0.2, 0) is 47.7 Å². The third-order valence-corrected chi connectivity index (χ3v) is 31.6. The Kier molecular flexibility index (Phi) is 17.0. The first-order valence-corrected chi connectivity index (χ1v) is 37.2. The van der Waals surface area contributed by atoms with Gasteiger partial charge in [0, 0.05) is 11.8 Å². The molecule has 16 bridgehead atoms. The zero-order valence-corrected chi connectivity index (χ0v) is 56.8. The number of carbonyl (C=O) groups is 5. The van der Waals surface area contributed by atoms with Gasteiger partial charge in [0.25, 0.3) is 0 Å². The van der Waals surface area contributed by atoms with Crippen LogP contribution in [0.1, 0.15) is 257 Å². The Morgan fingerprint density at radius 3 is 1.14 bits per heavy atom. The molecule has 17 aliphatic carbocycles. The van der Waals surface area contributed by atoms with Gasteiger partial charge in [-0.1, -0.05) is 61.8 Å². The van der Waals surface area contributed by atoms with Gasteiger partial charge in [-0.05, 0) is 318 Å². The van der Waals surface area contributed by atoms with Crippen LogP contribution in [0.25, 0.3) is 0 Å². The van der Waals surface area contributed by atoms with Crippen LogP contribution in [0, 0.1) is 165 Å². The molecule has 18 aliphatic rings. The van der Waals surface area contributed by atoms with Crippen molar-refractivity contribution in [3.8, 4) is 0 Å². The summed E-state index contributed by atoms with van der Waals surface area (Å²) in [6.07, 6.45) is 30.9. The number of rotatable bonds is 9. The van der Waals surface area contributed by atoms with Crippen molar-refractivity contribution in [3.63, 3.8) is 0 Å². The maximum Gasteiger partial charge on any atom is 0.309 e. The summed E-state index contributed by atoms with van der Waals surface area (Å²) in [4.78, 5) is 62.7. The van der Waals surface area contributed by atoms with Gasteiger partial charge in [-0.2, -0.15) is 0 Å². The fourth-order valence-electron chi connectivity index (χ4n) is 25.7. The van der Waals surface area contributed by atoms with E-state index in [9.17, 15) is 24.0 Å². The highest BCUT2D eigenvalue weighted by Crippen LogP contribution is 2.66. The molecule has 10 heteroatoms. The molecule has 10 nitrogen and oxygen atoms in total. The summed E-state index contributed by atoms with van der Waals surface area (Å²) < 4.78 is 29.4. The molecule has 17 saturated carbocycles. The quantitative estimate of drug-likeness (QED) is 0.162. The lowest BCUT2D eigenvalue weighted by Gasteiger charge is -2.61. The minimum Gasteiger partial charge on any atom is -0.465 e. The zero-order valence-electron chi connectivity index (χ0n) is 56.8. The molecule has 18 rings (SSSR count). The molecule has 1 aliphatic heterocycles. The molecule has 0 radical (unpaired) electrons. The Morgan fingerprint density at radius 1 is 0.414 bits per heavy atom. The lowest BCUT2D eigenvalue weighted by molar-refractivity contribution is -0.209. The number of cyclic esters (lactones) is 1. The number of esters is 5. The van der Waals surface area contributed by atoms with Gasteiger partial charge in [-0.3, -0.25) is 24.0 Å². The number of carbonyl (C=O) groups excluding carboxylic acids is 5. The predicted octanol–water partition coefficient (Wildman–Crippen LogP) is 16.9. The standard InChI is InChI=1S/C23H36O2.C21H32O2.C17H28O2.C16H24O4/c1-13-14(2)19-8-18(13)9-20(19)21(24)25-22(3,4)23-10-15-5-16(11-23)7-17(6-15)12-23;1-11-12(2)18-9-15(11)10-19(18)20(22)23-21(3)16-5-13-4-14(7-16)8-17(21)6-13;1-11-12(2)14-9-13(11)10-15(14)16(18)19-17(3)7-5-4-6-8-17;1-9-10(2)12-6-11(9)7-13(12)15(18)20-16(3)4-5-19-14(17)8-16/h13-20H,5-12H2,1-4H3;11-19H,4-10H2,1-3H3;11-15H,4-10H2,1-3H3;9-13H,4-8H2,1-3H3. The largest absolute Gasteiger partial charge is 0.465 e. The molecule has 1 saturated heterocycles. The van der Waals surface area contributed by atoms with Crippen LogP contribution in [0.3, 0.4) is 0 Å². The van der Waals surface area contributed by atoms with Crippen molar-refractivity contribution in [1.82, 2.24) is 0 Å². The summed E-state index contributed by atoms with van der Waals surface area (Å²) in [5, 5.41) is 0. The van der Waals surface area contributed by atoms with Crippen LogP contribution in [0.2, 0.25) is 0 Å². The van der Waals surface area contributed by atoms with Gasteiger partial charge in [0.15, 0.2) is 0 Å². The van der Waals surface area contributed by atoms with Crippen molar-refractivity contribution < 1.29 is 47.7 Å². The third kappa shape index (κ3) is 11.5. The highest BCUT2D eigenvalue weighted by Gasteiger charge is 2.63. The van der Waals surface area contributed by atoms with E-state index in [1.54, 1.807) is 0 Å². The van der Waals surface area contributed by atoms with Crippen molar-refractivity contribution in [2.24, 2.45) is 165 Å². The van der Waals surface area contributed by atoms with Crippen molar-refractivity contribution in [2.45, 2.75) is 279 Å². The maximum atomic E-state index is 13.2. The lowest BCUT2D eigenvalue weighted by atomic mass is 9.46. The van der Waals surface area contributed by atoms with Crippen LogP contribution in [-0.4, -0.2) is 58.9 Å². The maximum absolute atomic E-state index is 13.2. The molecule has 87 heavy (non-hydrogen) atoms. The van der Waals surface area contributed by atoms with E-state index in [0.717, 1.165) is 110 Å². The van der Waals surface area contributed by atoms with Crippen molar-refractivity contribution in [3.05, 3.63) is 0 Å². The van der Waals surface area contributed by atoms with Gasteiger partial charge < -0.3 is 23.7 Å². The molecule has 0 aromatic rings. The third-order valence-electron chi connectivity index (χ3n) is 31.6. The molecular formula is C77H120O10. The monoisotopic (exact) mass is 1200 g/mol. The highest BCUT2D eigenvalue weighted by molar-refractivity contribution is 5.77. The van der Waals surface area contributed by atoms with Gasteiger partial charge >= 0.3 is 29.8 Å². The van der Waals surface area contributed by atoms with Gasteiger partial charge in [-0.25, -0.2) is 0 Å². The number of ether oxygens (including phenoxy) is 5. The second-order valence-corrected chi connectivity index (χ2v) is 36.4. The molecule has 1 heterocycles. The predicted molar refractivity (Wildman–Crippen MR) is 337 cm³/mol. The normalized spacial score (nSPS) is 51.6. The van der Waals surface area contributed by atoms with Crippen LogP contribution >= 0.6 is 0 Å². The Bertz CT molecular complexity index is 2510. The molecule has 0 aromatic carbocycles. The fourth-order valence-corrected chi connectivity index (χ4v) is 25.7. The van der Waals surface area contributed by atoms with E-state index in [0.29, 0.717) is 78.1 Å². The summed E-state index contributed by atoms with van der Waals surface area (Å²) in [5.41, 5.74) is -0.971. The molecule has 0 N–H and O–H groups in total. The molecule has 18 fully saturated rings. The molecule has 21 unspecified atom stereocenters. The number of hydrogen-bond acceptors (Lipinski definition) is 10. The molecule has 0 spiro atoms. The molecule has 0 amide bonds. The Hall–Kier alpha value is -2.65. The molecule has 488 valence electrons. The van der Waals surface area contributed by atoms with Crippen molar-refractivity contribution in [1.29, 1.82) is 0 Å². The summed E-state index contributed by atoms with van der Waals surface area (Å²) in [6.45, 7) is 29.9. The number of fused-ring (bicyclic) bond motifs is 8. The van der Waals surface area contributed by atoms with E-state index in [1.165, 1.54) is 116 Å². The summed E-state index contributed by atoms with van der Waals surface area (Å²) in [5.74, 6) is 17.7. The van der Waals surface area contributed by atoms with Gasteiger partial charge in [-0.15, -0.1) is 0 Å². The van der Waals surface area contributed by atoms with Crippen molar-refractivity contribution >= 4 is 29.8 Å². The van der Waals surface area contributed by atoms with E-state index in [-0.39, 0.29) is 82.2 Å². The van der Waals surface area contributed by atoms with E-state index >= 15 is 0 Å². The minimum absolute atomic E-state index is 0.0426. The van der Waals surface area contributed by atoms with Crippen LogP contribution < -0.4 is 0 Å². The van der Waals surface area contributed by atoms with Gasteiger partial charge in [0.05, 0.1) is 36.7 Å². The van der Waals surface area contributed by atoms with Crippen molar-refractivity contribution in [2.75, 3.05) is 6.61 Å². The minimum atomic E-state index is -0.664. The summed E-state index contributed by atoms with van der Waals surface area (Å²) in [7, 11) is 0. The fraction of sp³-hybridized carbons (Fsp3) is 0.935. The van der Waals surface area contributed by atoms with E-state index in [1.807, 2.05) is 6.92 Å². The highest BCUT2D eigenvalue weighted by atomic mass is 16.6. The Balaban J connectivity index is 0.000000108. The SMILES string of the molecule is CC1C2CC(C(=O)OC(C)(C)C34CC5CC(CC(C5)C3)C4)C(C2)C1C.CC1C2CC(C(=O)OC3(C)C4CC5CC(C4)CC3C5)C(C2)C1C.CC1C2CC(C(=O)OC3(C)CCCCC3)C(C2)C1C.CC1C2CC(C(=O)OC3(C)CCOC(=O)C3)C(C2)C1C. The van der Waals surface area contributed by atoms with Crippen LogP contribution in [0.15, 0.2) is 0 Å². The van der Waals surface area contributed by atoms with Crippen LogP contribution in [0.5, 0.6) is 0 Å². The molecular weight excluding hydrogens is 1080 g/mol. The zero-order chi connectivity index (χ0) is 61.6. The summed E-state index contributed by atoms with van der Waals surface area (Å²) in [6, 6.07) is 0. The lowest BCUT2D eigenvalue weighted by Crippen LogP contribution is -2.58. The molecule has 21 atom stereocenters. The second kappa shape index (κ2) is 23.4.